The molecule has 8 nitrogen and oxygen atoms in total. The van der Waals surface area contributed by atoms with Gasteiger partial charge in [-0.1, -0.05) is 0 Å². The number of nitrogens with zero attached hydrogens (tertiary/aromatic N) is 2. The maximum Gasteiger partial charge on any atom is 0.257 e. The highest BCUT2D eigenvalue weighted by Crippen LogP contribution is 2.26. The number of aromatic nitrogens is 2. The van der Waals surface area contributed by atoms with Crippen molar-refractivity contribution in [1.29, 1.82) is 0 Å². The SMILES string of the molecule is CC(=O)Nc1ccc(Oc2cc(C(=O)Nc3nccs3)cc(OC(C)C)n2)cc1. The maximum atomic E-state index is 12.6. The zero-order chi connectivity index (χ0) is 20.8. The van der Waals surface area contributed by atoms with Gasteiger partial charge in [-0.15, -0.1) is 11.3 Å². The topological polar surface area (TPSA) is 102 Å². The molecule has 0 aliphatic carbocycles. The van der Waals surface area contributed by atoms with Crippen LogP contribution in [0, 0.1) is 0 Å². The second kappa shape index (κ2) is 9.16. The number of anilines is 2. The summed E-state index contributed by atoms with van der Waals surface area (Å²) in [6, 6.07) is 9.88. The van der Waals surface area contributed by atoms with Gasteiger partial charge in [0.1, 0.15) is 5.75 Å². The minimum atomic E-state index is -0.346. The molecule has 0 spiro atoms. The van der Waals surface area contributed by atoms with E-state index in [1.807, 2.05) is 13.8 Å². The molecular weight excluding hydrogens is 392 g/mol. The summed E-state index contributed by atoms with van der Waals surface area (Å²) in [6.07, 6.45) is 1.49. The van der Waals surface area contributed by atoms with Crippen molar-refractivity contribution in [2.24, 2.45) is 0 Å². The second-order valence-corrected chi connectivity index (χ2v) is 7.19. The summed E-state index contributed by atoms with van der Waals surface area (Å²) in [5.41, 5.74) is 0.980. The Labute approximate surface area is 171 Å². The maximum absolute atomic E-state index is 12.6. The van der Waals surface area contributed by atoms with Crippen molar-refractivity contribution >= 4 is 34.0 Å². The Morgan fingerprint density at radius 2 is 1.79 bits per heavy atom. The number of hydrogen-bond acceptors (Lipinski definition) is 7. The van der Waals surface area contributed by atoms with E-state index in [2.05, 4.69) is 20.6 Å². The number of hydrogen-bond donors (Lipinski definition) is 2. The molecule has 9 heteroatoms. The molecule has 150 valence electrons. The van der Waals surface area contributed by atoms with Crippen LogP contribution < -0.4 is 20.1 Å². The van der Waals surface area contributed by atoms with Crippen LogP contribution in [-0.4, -0.2) is 27.9 Å². The van der Waals surface area contributed by atoms with Gasteiger partial charge in [0.2, 0.25) is 17.7 Å². The number of amides is 2. The predicted molar refractivity (Wildman–Crippen MR) is 111 cm³/mol. The largest absolute Gasteiger partial charge is 0.475 e. The highest BCUT2D eigenvalue weighted by molar-refractivity contribution is 7.13. The van der Waals surface area contributed by atoms with Gasteiger partial charge in [-0.25, -0.2) is 4.98 Å². The van der Waals surface area contributed by atoms with Crippen LogP contribution in [0.1, 0.15) is 31.1 Å². The van der Waals surface area contributed by atoms with Crippen LogP contribution in [0.4, 0.5) is 10.8 Å². The molecule has 2 aromatic heterocycles. The van der Waals surface area contributed by atoms with Crippen molar-refractivity contribution in [1.82, 2.24) is 9.97 Å². The normalized spacial score (nSPS) is 10.5. The monoisotopic (exact) mass is 412 g/mol. The molecular formula is C20H20N4O4S. The van der Waals surface area contributed by atoms with Crippen LogP contribution in [0.15, 0.2) is 48.0 Å². The van der Waals surface area contributed by atoms with E-state index in [-0.39, 0.29) is 29.7 Å². The third-order valence-electron chi connectivity index (χ3n) is 3.45. The number of benzene rings is 1. The summed E-state index contributed by atoms with van der Waals surface area (Å²) in [5, 5.41) is 7.68. The standard InChI is InChI=1S/C20H20N4O4S/c1-12(2)27-17-10-14(19(26)24-20-21-8-9-29-20)11-18(23-17)28-16-6-4-15(5-7-16)22-13(3)25/h4-12H,1-3H3,(H,22,25)(H,21,24,26). The molecule has 3 rings (SSSR count). The van der Waals surface area contributed by atoms with Gasteiger partial charge in [-0.3, -0.25) is 14.9 Å². The number of nitrogens with one attached hydrogen (secondary N) is 2. The van der Waals surface area contributed by atoms with Crippen molar-refractivity contribution in [2.75, 3.05) is 10.6 Å². The Morgan fingerprint density at radius 1 is 1.07 bits per heavy atom. The highest BCUT2D eigenvalue weighted by Gasteiger charge is 2.14. The van der Waals surface area contributed by atoms with Crippen molar-refractivity contribution in [3.8, 4) is 17.5 Å². The van der Waals surface area contributed by atoms with Crippen LogP contribution in [-0.2, 0) is 4.79 Å². The van der Waals surface area contributed by atoms with Gasteiger partial charge in [0.05, 0.1) is 11.7 Å². The van der Waals surface area contributed by atoms with Gasteiger partial charge in [0.25, 0.3) is 5.91 Å². The number of thiazole rings is 1. The molecule has 0 unspecified atom stereocenters. The Kier molecular flexibility index (Phi) is 6.40. The lowest BCUT2D eigenvalue weighted by Gasteiger charge is -2.13. The molecule has 2 amide bonds. The fourth-order valence-electron chi connectivity index (χ4n) is 2.35. The second-order valence-electron chi connectivity index (χ2n) is 6.30. The molecule has 3 aromatic rings. The lowest BCUT2D eigenvalue weighted by Crippen LogP contribution is -2.14. The minimum absolute atomic E-state index is 0.121. The summed E-state index contributed by atoms with van der Waals surface area (Å²) in [4.78, 5) is 32.1. The first kappa shape index (κ1) is 20.3. The van der Waals surface area contributed by atoms with E-state index >= 15 is 0 Å². The fourth-order valence-corrected chi connectivity index (χ4v) is 2.87. The van der Waals surface area contributed by atoms with Crippen molar-refractivity contribution in [2.45, 2.75) is 26.9 Å². The van der Waals surface area contributed by atoms with Crippen molar-refractivity contribution in [3.05, 3.63) is 53.5 Å². The van der Waals surface area contributed by atoms with Gasteiger partial charge in [-0.2, -0.15) is 4.98 Å². The zero-order valence-corrected chi connectivity index (χ0v) is 16.9. The third-order valence-corrected chi connectivity index (χ3v) is 4.14. The van der Waals surface area contributed by atoms with E-state index in [0.717, 1.165) is 0 Å². The molecule has 2 heterocycles. The van der Waals surface area contributed by atoms with Crippen molar-refractivity contribution in [3.63, 3.8) is 0 Å². The van der Waals surface area contributed by atoms with E-state index < -0.39 is 0 Å². The van der Waals surface area contributed by atoms with Crippen LogP contribution in [0.2, 0.25) is 0 Å². The molecule has 0 fully saturated rings. The molecule has 0 saturated heterocycles. The Hall–Kier alpha value is -3.46. The number of carbonyl (C=O) groups excluding carboxylic acids is 2. The molecule has 0 radical (unpaired) electrons. The van der Waals surface area contributed by atoms with Gasteiger partial charge in [0, 0.05) is 36.3 Å². The van der Waals surface area contributed by atoms with Crippen LogP contribution in [0.5, 0.6) is 17.5 Å². The lowest BCUT2D eigenvalue weighted by molar-refractivity contribution is -0.114. The Bertz CT molecular complexity index is 988. The molecule has 0 aliphatic heterocycles. The molecule has 0 aliphatic rings. The summed E-state index contributed by atoms with van der Waals surface area (Å²) >= 11 is 1.32. The summed E-state index contributed by atoms with van der Waals surface area (Å²) < 4.78 is 11.4. The first-order valence-corrected chi connectivity index (χ1v) is 9.72. The van der Waals surface area contributed by atoms with Gasteiger partial charge >= 0.3 is 0 Å². The summed E-state index contributed by atoms with van der Waals surface area (Å²) in [5.74, 6) is 0.479. The zero-order valence-electron chi connectivity index (χ0n) is 16.1. The van der Waals surface area contributed by atoms with Crippen LogP contribution in [0.25, 0.3) is 0 Å². The first-order valence-electron chi connectivity index (χ1n) is 8.84. The van der Waals surface area contributed by atoms with E-state index in [0.29, 0.717) is 22.1 Å². The fraction of sp³-hybridized carbons (Fsp3) is 0.200. The third kappa shape index (κ3) is 6.01. The number of ether oxygens (including phenoxy) is 2. The number of pyridine rings is 1. The molecule has 29 heavy (non-hydrogen) atoms. The Morgan fingerprint density at radius 3 is 2.41 bits per heavy atom. The Balaban J connectivity index is 1.82. The van der Waals surface area contributed by atoms with Gasteiger partial charge < -0.3 is 14.8 Å². The van der Waals surface area contributed by atoms with E-state index in [1.54, 1.807) is 41.9 Å². The predicted octanol–water partition coefficient (Wildman–Crippen LogP) is 4.33. The average molecular weight is 412 g/mol. The minimum Gasteiger partial charge on any atom is -0.475 e. The highest BCUT2D eigenvalue weighted by atomic mass is 32.1. The molecule has 2 N–H and O–H groups in total. The summed E-state index contributed by atoms with van der Waals surface area (Å²) in [7, 11) is 0. The lowest BCUT2D eigenvalue weighted by atomic mass is 10.2. The molecule has 0 atom stereocenters. The molecule has 0 saturated carbocycles. The summed E-state index contributed by atoms with van der Waals surface area (Å²) in [6.45, 7) is 5.17. The van der Waals surface area contributed by atoms with E-state index in [9.17, 15) is 9.59 Å². The average Bonchev–Trinajstić information content (AvgIpc) is 3.15. The van der Waals surface area contributed by atoms with Crippen molar-refractivity contribution < 1.29 is 19.1 Å². The molecule has 0 bridgehead atoms. The van der Waals surface area contributed by atoms with Gasteiger partial charge in [0.15, 0.2) is 5.13 Å². The smallest absolute Gasteiger partial charge is 0.257 e. The van der Waals surface area contributed by atoms with E-state index in [4.69, 9.17) is 9.47 Å². The van der Waals surface area contributed by atoms with E-state index in [1.165, 1.54) is 24.3 Å². The van der Waals surface area contributed by atoms with Gasteiger partial charge in [-0.05, 0) is 38.1 Å². The number of carbonyl (C=O) groups is 2. The molecule has 1 aromatic carbocycles. The van der Waals surface area contributed by atoms with Crippen LogP contribution in [0.3, 0.4) is 0 Å². The van der Waals surface area contributed by atoms with Crippen LogP contribution >= 0.6 is 11.3 Å². The first-order chi connectivity index (χ1) is 13.9. The number of rotatable bonds is 7. The quantitative estimate of drug-likeness (QED) is 0.599.